The number of rotatable bonds is 5. The van der Waals surface area contributed by atoms with Crippen molar-refractivity contribution in [2.24, 2.45) is 0 Å². The predicted octanol–water partition coefficient (Wildman–Crippen LogP) is 1.75. The molecule has 0 spiro atoms. The summed E-state index contributed by atoms with van der Waals surface area (Å²) in [5.41, 5.74) is -4.79. The molecule has 114 valence electrons. The monoisotopic (exact) mass is 320 g/mol. The number of hydrogen-bond donors (Lipinski definition) is 2. The first-order valence-electron chi connectivity index (χ1n) is 5.80. The van der Waals surface area contributed by atoms with E-state index in [1.54, 1.807) is 0 Å². The fourth-order valence-electron chi connectivity index (χ4n) is 1.56. The molecule has 2 aromatic rings. The molecule has 1 aromatic heterocycles. The van der Waals surface area contributed by atoms with Gasteiger partial charge in [-0.05, 0) is 24.3 Å². The molecule has 2 N–H and O–H groups in total. The van der Waals surface area contributed by atoms with Crippen LogP contribution in [0.1, 0.15) is 5.82 Å². The van der Waals surface area contributed by atoms with Crippen LogP contribution in [-0.2, 0) is 16.3 Å². The largest absolute Gasteiger partial charge is 0.501 e. The van der Waals surface area contributed by atoms with Gasteiger partial charge >= 0.3 is 5.51 Å². The van der Waals surface area contributed by atoms with Crippen LogP contribution in [-0.4, -0.2) is 35.7 Å². The van der Waals surface area contributed by atoms with E-state index in [4.69, 9.17) is 0 Å². The van der Waals surface area contributed by atoms with Crippen LogP contribution >= 0.6 is 0 Å². The van der Waals surface area contributed by atoms with Crippen LogP contribution in [0.4, 0.5) is 18.9 Å². The Balaban J connectivity index is 1.99. The number of nitrogens with one attached hydrogen (secondary N) is 2. The second kappa shape index (κ2) is 5.72. The summed E-state index contributed by atoms with van der Waals surface area (Å²) in [7, 11) is -5.30. The SMILES string of the molecule is O=S(=O)(c1ccc(NCCc2ncn[nH]2)cc1)C(F)(F)F. The van der Waals surface area contributed by atoms with Crippen LogP contribution in [0.5, 0.6) is 0 Å². The summed E-state index contributed by atoms with van der Waals surface area (Å²) in [5.74, 6) is 0.666. The lowest BCUT2D eigenvalue weighted by atomic mass is 10.3. The van der Waals surface area contributed by atoms with Crippen molar-refractivity contribution >= 4 is 15.5 Å². The minimum absolute atomic E-state index is 0.473. The van der Waals surface area contributed by atoms with Gasteiger partial charge in [0, 0.05) is 18.7 Å². The van der Waals surface area contributed by atoms with E-state index in [9.17, 15) is 21.6 Å². The van der Waals surface area contributed by atoms with Crippen LogP contribution in [0.15, 0.2) is 35.5 Å². The smallest absolute Gasteiger partial charge is 0.385 e. The molecule has 0 unspecified atom stereocenters. The van der Waals surface area contributed by atoms with Gasteiger partial charge in [-0.15, -0.1) is 0 Å². The quantitative estimate of drug-likeness (QED) is 0.876. The van der Waals surface area contributed by atoms with E-state index >= 15 is 0 Å². The molecule has 0 fully saturated rings. The van der Waals surface area contributed by atoms with E-state index < -0.39 is 20.2 Å². The highest BCUT2D eigenvalue weighted by atomic mass is 32.2. The molecule has 0 aliphatic rings. The molecule has 0 bridgehead atoms. The average molecular weight is 320 g/mol. The van der Waals surface area contributed by atoms with Crippen molar-refractivity contribution in [3.8, 4) is 0 Å². The molecule has 0 aliphatic carbocycles. The third-order valence-corrected chi connectivity index (χ3v) is 4.13. The number of H-pyrrole nitrogens is 1. The summed E-state index contributed by atoms with van der Waals surface area (Å²) in [4.78, 5) is 3.13. The van der Waals surface area contributed by atoms with Gasteiger partial charge in [0.1, 0.15) is 12.2 Å². The number of benzene rings is 1. The molecule has 0 aliphatic heterocycles. The molecule has 1 aromatic carbocycles. The Kier molecular flexibility index (Phi) is 4.16. The molecule has 21 heavy (non-hydrogen) atoms. The molecule has 10 heteroatoms. The van der Waals surface area contributed by atoms with Crippen LogP contribution in [0.3, 0.4) is 0 Å². The minimum atomic E-state index is -5.30. The summed E-state index contributed by atoms with van der Waals surface area (Å²) in [6.45, 7) is 0.473. The molecule has 0 saturated heterocycles. The molecule has 0 amide bonds. The lowest BCUT2D eigenvalue weighted by Crippen LogP contribution is -2.23. The lowest BCUT2D eigenvalue weighted by molar-refractivity contribution is -0.0436. The van der Waals surface area contributed by atoms with E-state index in [2.05, 4.69) is 20.5 Å². The van der Waals surface area contributed by atoms with Crippen molar-refractivity contribution in [3.05, 3.63) is 36.4 Å². The molecule has 0 radical (unpaired) electrons. The zero-order chi connectivity index (χ0) is 15.5. The Hall–Kier alpha value is -2.10. The average Bonchev–Trinajstić information content (AvgIpc) is 2.91. The van der Waals surface area contributed by atoms with Crippen molar-refractivity contribution in [1.82, 2.24) is 15.2 Å². The first-order chi connectivity index (χ1) is 9.80. The topological polar surface area (TPSA) is 87.7 Å². The number of anilines is 1. The number of aromatic nitrogens is 3. The van der Waals surface area contributed by atoms with Crippen molar-refractivity contribution in [2.45, 2.75) is 16.8 Å². The van der Waals surface area contributed by atoms with Crippen molar-refractivity contribution in [2.75, 3.05) is 11.9 Å². The van der Waals surface area contributed by atoms with E-state index in [1.165, 1.54) is 18.5 Å². The van der Waals surface area contributed by atoms with Crippen LogP contribution in [0.2, 0.25) is 0 Å². The van der Waals surface area contributed by atoms with Gasteiger partial charge in [0.2, 0.25) is 0 Å². The first kappa shape index (κ1) is 15.3. The Bertz CT molecular complexity index is 681. The predicted molar refractivity (Wildman–Crippen MR) is 68.3 cm³/mol. The molecule has 0 saturated carbocycles. The molecule has 0 atom stereocenters. The zero-order valence-corrected chi connectivity index (χ0v) is 11.4. The van der Waals surface area contributed by atoms with E-state index in [0.29, 0.717) is 24.5 Å². The van der Waals surface area contributed by atoms with Gasteiger partial charge in [-0.2, -0.15) is 18.3 Å². The maximum absolute atomic E-state index is 12.4. The number of halogens is 3. The van der Waals surface area contributed by atoms with Crippen LogP contribution < -0.4 is 5.32 Å². The Morgan fingerprint density at radius 2 is 1.86 bits per heavy atom. The zero-order valence-electron chi connectivity index (χ0n) is 10.6. The Labute approximate surface area is 118 Å². The molecule has 1 heterocycles. The fraction of sp³-hybridized carbons (Fsp3) is 0.273. The minimum Gasteiger partial charge on any atom is -0.385 e. The number of aromatic amines is 1. The van der Waals surface area contributed by atoms with Gasteiger partial charge in [-0.1, -0.05) is 0 Å². The first-order valence-corrected chi connectivity index (χ1v) is 7.28. The summed E-state index contributed by atoms with van der Waals surface area (Å²) < 4.78 is 59.4. The van der Waals surface area contributed by atoms with E-state index in [-0.39, 0.29) is 0 Å². The van der Waals surface area contributed by atoms with Crippen molar-refractivity contribution in [1.29, 1.82) is 0 Å². The summed E-state index contributed by atoms with van der Waals surface area (Å²) in [6.07, 6.45) is 1.91. The standard InChI is InChI=1S/C11H11F3N4O2S/c12-11(13,14)21(19,20)9-3-1-8(2-4-9)15-6-5-10-16-7-17-18-10/h1-4,7,15H,5-6H2,(H,16,17,18). The number of hydrogen-bond acceptors (Lipinski definition) is 5. The number of nitrogens with zero attached hydrogens (tertiary/aromatic N) is 2. The van der Waals surface area contributed by atoms with Gasteiger partial charge in [0.05, 0.1) is 4.90 Å². The maximum Gasteiger partial charge on any atom is 0.501 e. The Morgan fingerprint density at radius 3 is 2.38 bits per heavy atom. The highest BCUT2D eigenvalue weighted by molar-refractivity contribution is 7.92. The summed E-state index contributed by atoms with van der Waals surface area (Å²) in [6, 6.07) is 4.39. The van der Waals surface area contributed by atoms with Gasteiger partial charge in [0.15, 0.2) is 0 Å². The maximum atomic E-state index is 12.4. The van der Waals surface area contributed by atoms with Crippen LogP contribution in [0.25, 0.3) is 0 Å². The highest BCUT2D eigenvalue weighted by Gasteiger charge is 2.46. The summed E-state index contributed by atoms with van der Waals surface area (Å²) >= 11 is 0. The normalized spacial score (nSPS) is 12.3. The fourth-order valence-corrected chi connectivity index (χ4v) is 2.32. The second-order valence-corrected chi connectivity index (χ2v) is 6.02. The third-order valence-electron chi connectivity index (χ3n) is 2.63. The molecular weight excluding hydrogens is 309 g/mol. The van der Waals surface area contributed by atoms with Gasteiger partial charge in [-0.3, -0.25) is 5.10 Å². The number of sulfone groups is 1. The highest BCUT2D eigenvalue weighted by Crippen LogP contribution is 2.30. The second-order valence-electron chi connectivity index (χ2n) is 4.08. The molecular formula is C11H11F3N4O2S. The number of alkyl halides is 3. The van der Waals surface area contributed by atoms with Gasteiger partial charge in [0.25, 0.3) is 9.84 Å². The summed E-state index contributed by atoms with van der Waals surface area (Å²) in [5, 5.41) is 9.27. The van der Waals surface area contributed by atoms with E-state index in [0.717, 1.165) is 12.1 Å². The van der Waals surface area contributed by atoms with Crippen molar-refractivity contribution < 1.29 is 21.6 Å². The van der Waals surface area contributed by atoms with Crippen molar-refractivity contribution in [3.63, 3.8) is 0 Å². The Morgan fingerprint density at radius 1 is 1.19 bits per heavy atom. The molecule has 2 rings (SSSR count). The van der Waals surface area contributed by atoms with E-state index in [1.807, 2.05) is 0 Å². The van der Waals surface area contributed by atoms with Crippen LogP contribution in [0, 0.1) is 0 Å². The third kappa shape index (κ3) is 3.51. The van der Waals surface area contributed by atoms with Gasteiger partial charge in [-0.25, -0.2) is 13.4 Å². The molecule has 6 nitrogen and oxygen atoms in total. The van der Waals surface area contributed by atoms with Gasteiger partial charge < -0.3 is 5.32 Å². The lowest BCUT2D eigenvalue weighted by Gasteiger charge is -2.09.